The van der Waals surface area contributed by atoms with Crippen LogP contribution in [-0.4, -0.2) is 66.4 Å². The van der Waals surface area contributed by atoms with E-state index in [9.17, 15) is 4.79 Å². The number of aryl methyl sites for hydroxylation is 1. The molecule has 2 aromatic carbocycles. The molecular weight excluding hydrogens is 530 g/mol. The molecule has 4 rings (SSSR count). The summed E-state index contributed by atoms with van der Waals surface area (Å²) in [6.45, 7) is 5.55. The van der Waals surface area contributed by atoms with E-state index in [1.54, 1.807) is 12.1 Å². The molecule has 42 heavy (non-hydrogen) atoms. The molecule has 4 N–H and O–H groups in total. The number of amides is 1. The molecule has 1 saturated carbocycles. The number of ether oxygens (including phenoxy) is 2. The summed E-state index contributed by atoms with van der Waals surface area (Å²) in [6.07, 6.45) is 8.65. The van der Waals surface area contributed by atoms with Crippen LogP contribution in [0.15, 0.2) is 54.6 Å². The highest BCUT2D eigenvalue weighted by Gasteiger charge is 2.14. The van der Waals surface area contributed by atoms with Crippen molar-refractivity contribution in [3.63, 3.8) is 0 Å². The zero-order valence-electron chi connectivity index (χ0n) is 24.7. The van der Waals surface area contributed by atoms with Gasteiger partial charge in [-0.3, -0.25) is 4.79 Å². The van der Waals surface area contributed by atoms with E-state index in [2.05, 4.69) is 67.4 Å². The molecule has 0 atom stereocenters. The molecule has 0 unspecified atom stereocenters. The third-order valence-electron chi connectivity index (χ3n) is 7.11. The molecule has 1 aliphatic carbocycles. The Kier molecular flexibility index (Phi) is 13.3. The fourth-order valence-electron chi connectivity index (χ4n) is 4.75. The highest BCUT2D eigenvalue weighted by atomic mass is 16.5. The Hall–Kier alpha value is -3.76. The topological polar surface area (TPSA) is 122 Å². The Labute approximate surface area is 249 Å². The average Bonchev–Trinajstić information content (AvgIpc) is 2.99. The molecule has 3 aromatic rings. The quantitative estimate of drug-likeness (QED) is 0.171. The van der Waals surface area contributed by atoms with Crippen LogP contribution in [0.2, 0.25) is 0 Å². The number of rotatable bonds is 16. The zero-order chi connectivity index (χ0) is 29.2. The number of hydrogen-bond acceptors (Lipinski definition) is 9. The molecule has 1 fully saturated rings. The summed E-state index contributed by atoms with van der Waals surface area (Å²) in [7, 11) is 0. The SMILES string of the molecule is Cc1ccc(CNc2nc(NCCOCCOCCNC(=O)c3ccccc3)nc(NC3CCCCCCC3)n2)cc1. The molecular formula is C32H45N7O3. The van der Waals surface area contributed by atoms with Crippen molar-refractivity contribution in [3.05, 3.63) is 71.3 Å². The minimum Gasteiger partial charge on any atom is -0.377 e. The lowest BCUT2D eigenvalue weighted by molar-refractivity contribution is 0.0519. The summed E-state index contributed by atoms with van der Waals surface area (Å²) in [5.41, 5.74) is 3.04. The molecule has 1 amide bonds. The molecule has 10 nitrogen and oxygen atoms in total. The van der Waals surface area contributed by atoms with Crippen LogP contribution >= 0.6 is 0 Å². The fourth-order valence-corrected chi connectivity index (χ4v) is 4.75. The number of benzene rings is 2. The van der Waals surface area contributed by atoms with Gasteiger partial charge >= 0.3 is 0 Å². The number of hydrogen-bond donors (Lipinski definition) is 4. The number of nitrogens with zero attached hydrogens (tertiary/aromatic N) is 3. The van der Waals surface area contributed by atoms with Crippen molar-refractivity contribution >= 4 is 23.8 Å². The first kappa shape index (κ1) is 31.2. The van der Waals surface area contributed by atoms with Gasteiger partial charge in [0, 0.05) is 31.2 Å². The molecule has 226 valence electrons. The summed E-state index contributed by atoms with van der Waals surface area (Å²) >= 11 is 0. The van der Waals surface area contributed by atoms with Crippen LogP contribution in [-0.2, 0) is 16.0 Å². The molecule has 0 bridgehead atoms. The van der Waals surface area contributed by atoms with Crippen molar-refractivity contribution < 1.29 is 14.3 Å². The monoisotopic (exact) mass is 575 g/mol. The predicted molar refractivity (Wildman–Crippen MR) is 167 cm³/mol. The van der Waals surface area contributed by atoms with E-state index < -0.39 is 0 Å². The molecule has 1 aliphatic rings. The van der Waals surface area contributed by atoms with Gasteiger partial charge in [0.05, 0.1) is 26.4 Å². The summed E-state index contributed by atoms with van der Waals surface area (Å²) in [5, 5.41) is 13.0. The van der Waals surface area contributed by atoms with Crippen molar-refractivity contribution in [1.29, 1.82) is 0 Å². The van der Waals surface area contributed by atoms with Crippen molar-refractivity contribution in [3.8, 4) is 0 Å². The van der Waals surface area contributed by atoms with E-state index in [1.165, 1.54) is 43.2 Å². The summed E-state index contributed by atoms with van der Waals surface area (Å²) in [5.74, 6) is 1.54. The van der Waals surface area contributed by atoms with Crippen LogP contribution in [0.4, 0.5) is 17.8 Å². The fraction of sp³-hybridized carbons (Fsp3) is 0.500. The summed E-state index contributed by atoms with van der Waals surface area (Å²) in [6, 6.07) is 17.9. The molecule has 0 spiro atoms. The Bertz CT molecular complexity index is 1190. The van der Waals surface area contributed by atoms with Gasteiger partial charge in [-0.2, -0.15) is 15.0 Å². The normalized spacial score (nSPS) is 14.0. The zero-order valence-corrected chi connectivity index (χ0v) is 24.7. The highest BCUT2D eigenvalue weighted by molar-refractivity contribution is 5.94. The van der Waals surface area contributed by atoms with Crippen LogP contribution in [0.25, 0.3) is 0 Å². The lowest BCUT2D eigenvalue weighted by Gasteiger charge is -2.21. The standard InChI is InChI=1S/C32H45N7O3/c1-25-14-16-26(17-15-25)24-35-31-37-30(38-32(39-31)36-28-12-8-3-2-4-9-13-28)34-19-21-42-23-22-41-20-18-33-29(40)27-10-6-5-7-11-27/h5-7,10-11,14-17,28H,2-4,8-9,12-13,18-24H2,1H3,(H,33,40)(H3,34,35,36,37,38,39). The summed E-state index contributed by atoms with van der Waals surface area (Å²) in [4.78, 5) is 26.0. The second-order valence-electron chi connectivity index (χ2n) is 10.6. The van der Waals surface area contributed by atoms with Gasteiger partial charge in [-0.05, 0) is 37.5 Å². The van der Waals surface area contributed by atoms with E-state index >= 15 is 0 Å². The molecule has 10 heteroatoms. The Balaban J connectivity index is 1.18. The predicted octanol–water partition coefficient (Wildman–Crippen LogP) is 5.19. The molecule has 0 radical (unpaired) electrons. The third kappa shape index (κ3) is 11.6. The van der Waals surface area contributed by atoms with Crippen LogP contribution in [0, 0.1) is 6.92 Å². The molecule has 0 saturated heterocycles. The first-order valence-electron chi connectivity index (χ1n) is 15.2. The second-order valence-corrected chi connectivity index (χ2v) is 10.6. The van der Waals surface area contributed by atoms with Gasteiger partial charge in [-0.15, -0.1) is 0 Å². The molecule has 0 aliphatic heterocycles. The van der Waals surface area contributed by atoms with Crippen molar-refractivity contribution in [2.75, 3.05) is 55.5 Å². The van der Waals surface area contributed by atoms with E-state index in [-0.39, 0.29) is 5.91 Å². The largest absolute Gasteiger partial charge is 0.377 e. The van der Waals surface area contributed by atoms with Gasteiger partial charge in [-0.1, -0.05) is 80.1 Å². The maximum Gasteiger partial charge on any atom is 0.251 e. The highest BCUT2D eigenvalue weighted by Crippen LogP contribution is 2.20. The number of carbonyl (C=O) groups excluding carboxylic acids is 1. The third-order valence-corrected chi connectivity index (χ3v) is 7.11. The Morgan fingerprint density at radius 3 is 2.07 bits per heavy atom. The van der Waals surface area contributed by atoms with Gasteiger partial charge in [0.1, 0.15) is 0 Å². The number of aromatic nitrogens is 3. The van der Waals surface area contributed by atoms with Crippen LogP contribution in [0.1, 0.15) is 66.4 Å². The van der Waals surface area contributed by atoms with Gasteiger partial charge in [0.25, 0.3) is 5.91 Å². The van der Waals surface area contributed by atoms with E-state index in [0.29, 0.717) is 75.5 Å². The number of carbonyl (C=O) groups is 1. The average molecular weight is 576 g/mol. The molecule has 1 aromatic heterocycles. The van der Waals surface area contributed by atoms with Crippen molar-refractivity contribution in [1.82, 2.24) is 20.3 Å². The van der Waals surface area contributed by atoms with Crippen LogP contribution < -0.4 is 21.3 Å². The van der Waals surface area contributed by atoms with Crippen molar-refractivity contribution in [2.24, 2.45) is 0 Å². The van der Waals surface area contributed by atoms with Crippen molar-refractivity contribution in [2.45, 2.75) is 64.5 Å². The van der Waals surface area contributed by atoms with E-state index in [0.717, 1.165) is 12.8 Å². The first-order chi connectivity index (χ1) is 20.7. The minimum absolute atomic E-state index is 0.101. The second kappa shape index (κ2) is 17.9. The lowest BCUT2D eigenvalue weighted by Crippen LogP contribution is -2.27. The van der Waals surface area contributed by atoms with Crippen LogP contribution in [0.3, 0.4) is 0 Å². The minimum atomic E-state index is -0.101. The summed E-state index contributed by atoms with van der Waals surface area (Å²) < 4.78 is 11.3. The van der Waals surface area contributed by atoms with Gasteiger partial charge in [0.2, 0.25) is 17.8 Å². The lowest BCUT2D eigenvalue weighted by atomic mass is 9.97. The van der Waals surface area contributed by atoms with Gasteiger partial charge in [0.15, 0.2) is 0 Å². The number of anilines is 3. The first-order valence-corrected chi connectivity index (χ1v) is 15.2. The maximum atomic E-state index is 12.0. The maximum absolute atomic E-state index is 12.0. The van der Waals surface area contributed by atoms with E-state index in [1.807, 2.05) is 18.2 Å². The smallest absolute Gasteiger partial charge is 0.251 e. The van der Waals surface area contributed by atoms with Gasteiger partial charge < -0.3 is 30.7 Å². The molecule has 1 heterocycles. The Morgan fingerprint density at radius 1 is 0.738 bits per heavy atom. The Morgan fingerprint density at radius 2 is 1.36 bits per heavy atom. The van der Waals surface area contributed by atoms with E-state index in [4.69, 9.17) is 9.47 Å². The van der Waals surface area contributed by atoms with Crippen LogP contribution in [0.5, 0.6) is 0 Å². The number of nitrogens with one attached hydrogen (secondary N) is 4. The van der Waals surface area contributed by atoms with Gasteiger partial charge in [-0.25, -0.2) is 0 Å².